The summed E-state index contributed by atoms with van der Waals surface area (Å²) >= 11 is 0. The molecule has 3 aliphatic carbocycles. The number of piperidine rings is 1. The lowest BCUT2D eigenvalue weighted by Crippen LogP contribution is -2.56. The van der Waals surface area contributed by atoms with Crippen molar-refractivity contribution < 1.29 is 19.2 Å². The number of carbonyl (C=O) groups excluding carboxylic acids is 4. The summed E-state index contributed by atoms with van der Waals surface area (Å²) in [7, 11) is 1.42. The number of benzene rings is 1. The SMILES string of the molecule is CNC(=O)C(=O)C(CC1CC1)NC(=O)[C@@H]1[C@@H]2[C@H](CN1C(=O)[C@@H](C)C1Cc3ccccc3C1)C2(C)C. The zero-order valence-corrected chi connectivity index (χ0v) is 21.2. The van der Waals surface area contributed by atoms with Crippen LogP contribution in [0.4, 0.5) is 0 Å². The standard InChI is InChI=1S/C28H37N3O4/c1-15(19-12-17-7-5-6-8-18(17)13-19)27(35)31-14-20-22(28(20,2)3)23(31)25(33)30-21(11-16-9-10-16)24(32)26(34)29-4/h5-8,15-16,19-23H,9-14H2,1-4H3,(H,29,34)(H,30,33)/t15-,20-,21?,22-,23-/m0/s1. The Morgan fingerprint density at radius 1 is 1.09 bits per heavy atom. The van der Waals surface area contributed by atoms with Gasteiger partial charge < -0.3 is 15.5 Å². The second-order valence-electron chi connectivity index (χ2n) is 11.8. The predicted molar refractivity (Wildman–Crippen MR) is 131 cm³/mol. The van der Waals surface area contributed by atoms with Gasteiger partial charge in [-0.15, -0.1) is 0 Å². The molecule has 3 amide bonds. The number of Topliss-reactive ketones (excluding diaryl/α,β-unsaturated/α-hetero) is 1. The third-order valence-corrected chi connectivity index (χ3v) is 9.29. The van der Waals surface area contributed by atoms with E-state index in [1.807, 2.05) is 19.1 Å². The summed E-state index contributed by atoms with van der Waals surface area (Å²) in [6, 6.07) is 6.94. The first-order valence-electron chi connectivity index (χ1n) is 13.1. The van der Waals surface area contributed by atoms with E-state index in [1.54, 1.807) is 4.90 Å². The molecule has 5 atom stereocenters. The topological polar surface area (TPSA) is 95.6 Å². The average molecular weight is 480 g/mol. The summed E-state index contributed by atoms with van der Waals surface area (Å²) in [4.78, 5) is 53.9. The number of ketones is 1. The van der Waals surface area contributed by atoms with E-state index in [9.17, 15) is 19.2 Å². The number of fused-ring (bicyclic) bond motifs is 2. The molecule has 188 valence electrons. The van der Waals surface area contributed by atoms with E-state index < -0.39 is 23.8 Å². The lowest BCUT2D eigenvalue weighted by molar-refractivity contribution is -0.145. The van der Waals surface area contributed by atoms with Crippen molar-refractivity contribution in [1.82, 2.24) is 15.5 Å². The fourth-order valence-corrected chi connectivity index (χ4v) is 6.68. The van der Waals surface area contributed by atoms with E-state index in [2.05, 4.69) is 36.6 Å². The number of likely N-dealkylation sites (tertiary alicyclic amines) is 1. The van der Waals surface area contributed by atoms with Crippen molar-refractivity contribution >= 4 is 23.5 Å². The van der Waals surface area contributed by atoms with Gasteiger partial charge in [-0.1, -0.05) is 57.9 Å². The van der Waals surface area contributed by atoms with E-state index in [-0.39, 0.29) is 40.9 Å². The van der Waals surface area contributed by atoms with Crippen LogP contribution in [0.2, 0.25) is 0 Å². The Hall–Kier alpha value is -2.70. The van der Waals surface area contributed by atoms with Crippen molar-refractivity contribution in [2.24, 2.45) is 35.0 Å². The largest absolute Gasteiger partial charge is 0.353 e. The minimum absolute atomic E-state index is 0.0115. The van der Waals surface area contributed by atoms with Gasteiger partial charge >= 0.3 is 0 Å². The van der Waals surface area contributed by atoms with Crippen LogP contribution in [0.15, 0.2) is 24.3 Å². The van der Waals surface area contributed by atoms with Crippen LogP contribution in [0.5, 0.6) is 0 Å². The van der Waals surface area contributed by atoms with Gasteiger partial charge in [0.2, 0.25) is 17.6 Å². The number of carbonyl (C=O) groups is 4. The first-order valence-corrected chi connectivity index (χ1v) is 13.1. The maximum atomic E-state index is 13.8. The minimum Gasteiger partial charge on any atom is -0.353 e. The lowest BCUT2D eigenvalue weighted by Gasteiger charge is -2.34. The second-order valence-corrected chi connectivity index (χ2v) is 11.8. The first-order chi connectivity index (χ1) is 16.6. The molecule has 0 radical (unpaired) electrons. The maximum Gasteiger partial charge on any atom is 0.289 e. The van der Waals surface area contributed by atoms with Crippen LogP contribution in [0.25, 0.3) is 0 Å². The predicted octanol–water partition coefficient (Wildman–Crippen LogP) is 2.12. The van der Waals surface area contributed by atoms with Crippen molar-refractivity contribution in [1.29, 1.82) is 0 Å². The quantitative estimate of drug-likeness (QED) is 0.559. The number of hydrogen-bond donors (Lipinski definition) is 2. The van der Waals surface area contributed by atoms with E-state index in [0.717, 1.165) is 25.7 Å². The van der Waals surface area contributed by atoms with Crippen molar-refractivity contribution in [2.45, 2.75) is 65.0 Å². The van der Waals surface area contributed by atoms with Crippen LogP contribution in [0.1, 0.15) is 51.2 Å². The van der Waals surface area contributed by atoms with Crippen LogP contribution < -0.4 is 10.6 Å². The smallest absolute Gasteiger partial charge is 0.289 e. The average Bonchev–Trinajstić information content (AvgIpc) is 3.59. The number of likely N-dealkylation sites (N-methyl/N-ethyl adjacent to an activating group) is 1. The summed E-state index contributed by atoms with van der Waals surface area (Å²) in [5.74, 6) is -0.781. The normalized spacial score (nSPS) is 28.0. The molecule has 35 heavy (non-hydrogen) atoms. The molecule has 1 unspecified atom stereocenters. The first kappa shape index (κ1) is 24.0. The van der Waals surface area contributed by atoms with Crippen LogP contribution in [0.3, 0.4) is 0 Å². The molecule has 0 spiro atoms. The fourth-order valence-electron chi connectivity index (χ4n) is 6.68. The van der Waals surface area contributed by atoms with E-state index in [1.165, 1.54) is 18.2 Å². The Labute approximate surface area is 207 Å². The Kier molecular flexibility index (Phi) is 6.01. The summed E-state index contributed by atoms with van der Waals surface area (Å²) in [6.45, 7) is 6.88. The zero-order valence-electron chi connectivity index (χ0n) is 21.2. The molecule has 1 heterocycles. The molecule has 5 rings (SSSR count). The van der Waals surface area contributed by atoms with Gasteiger partial charge in [-0.2, -0.15) is 0 Å². The van der Waals surface area contributed by atoms with Gasteiger partial charge in [0.25, 0.3) is 5.91 Å². The molecule has 3 fully saturated rings. The molecular formula is C28H37N3O4. The minimum atomic E-state index is -0.838. The van der Waals surface area contributed by atoms with Crippen LogP contribution in [0, 0.1) is 35.0 Å². The Morgan fingerprint density at radius 3 is 2.29 bits per heavy atom. The van der Waals surface area contributed by atoms with Crippen molar-refractivity contribution in [3.63, 3.8) is 0 Å². The van der Waals surface area contributed by atoms with Crippen molar-refractivity contribution in [3.8, 4) is 0 Å². The highest BCUT2D eigenvalue weighted by molar-refractivity contribution is 6.38. The fraction of sp³-hybridized carbons (Fsp3) is 0.643. The number of nitrogens with zero attached hydrogens (tertiary/aromatic N) is 1. The van der Waals surface area contributed by atoms with Crippen LogP contribution in [-0.2, 0) is 32.0 Å². The van der Waals surface area contributed by atoms with Gasteiger partial charge in [0.15, 0.2) is 0 Å². The lowest BCUT2D eigenvalue weighted by atomic mass is 9.89. The van der Waals surface area contributed by atoms with Crippen molar-refractivity contribution in [3.05, 3.63) is 35.4 Å². The van der Waals surface area contributed by atoms with Gasteiger partial charge in [-0.25, -0.2) is 0 Å². The van der Waals surface area contributed by atoms with E-state index in [4.69, 9.17) is 0 Å². The van der Waals surface area contributed by atoms with Crippen LogP contribution in [-0.4, -0.2) is 54.1 Å². The molecule has 7 nitrogen and oxygen atoms in total. The van der Waals surface area contributed by atoms with Gasteiger partial charge in [-0.05, 0) is 59.5 Å². The third kappa shape index (κ3) is 4.27. The second kappa shape index (κ2) is 8.75. The highest BCUT2D eigenvalue weighted by Gasteiger charge is 2.69. The molecule has 1 aromatic rings. The number of rotatable bonds is 8. The van der Waals surface area contributed by atoms with Gasteiger partial charge in [0, 0.05) is 19.5 Å². The highest BCUT2D eigenvalue weighted by Crippen LogP contribution is 2.65. The summed E-state index contributed by atoms with van der Waals surface area (Å²) in [6.07, 6.45) is 4.28. The maximum absolute atomic E-state index is 13.8. The monoisotopic (exact) mass is 479 g/mol. The number of hydrogen-bond acceptors (Lipinski definition) is 4. The Morgan fingerprint density at radius 2 is 1.71 bits per heavy atom. The summed E-state index contributed by atoms with van der Waals surface area (Å²) in [5, 5.41) is 5.29. The molecular weight excluding hydrogens is 442 g/mol. The molecule has 4 aliphatic rings. The van der Waals surface area contributed by atoms with Gasteiger partial charge in [0.05, 0.1) is 6.04 Å². The molecule has 0 aromatic heterocycles. The molecule has 1 aromatic carbocycles. The van der Waals surface area contributed by atoms with Gasteiger partial charge in [0.1, 0.15) is 6.04 Å². The Balaban J connectivity index is 1.32. The summed E-state index contributed by atoms with van der Waals surface area (Å²) < 4.78 is 0. The van der Waals surface area contributed by atoms with E-state index >= 15 is 0 Å². The highest BCUT2D eigenvalue weighted by atomic mass is 16.2. The molecule has 1 saturated heterocycles. The number of amides is 3. The molecule has 2 N–H and O–H groups in total. The van der Waals surface area contributed by atoms with E-state index in [0.29, 0.717) is 18.9 Å². The zero-order chi connectivity index (χ0) is 25.1. The molecule has 2 saturated carbocycles. The molecule has 1 aliphatic heterocycles. The number of nitrogens with one attached hydrogen (secondary N) is 2. The summed E-state index contributed by atoms with van der Waals surface area (Å²) in [5.41, 5.74) is 2.61. The Bertz CT molecular complexity index is 1040. The molecule has 7 heteroatoms. The van der Waals surface area contributed by atoms with Gasteiger partial charge in [-0.3, -0.25) is 19.2 Å². The third-order valence-electron chi connectivity index (χ3n) is 9.29. The van der Waals surface area contributed by atoms with Crippen molar-refractivity contribution in [2.75, 3.05) is 13.6 Å². The van der Waals surface area contributed by atoms with Crippen LogP contribution >= 0.6 is 0 Å². The molecule has 0 bridgehead atoms.